The van der Waals surface area contributed by atoms with Gasteiger partial charge in [-0.05, 0) is 68.0 Å². The van der Waals surface area contributed by atoms with E-state index in [9.17, 15) is 0 Å². The fraction of sp³-hybridized carbons (Fsp3) is 0.583. The molecule has 2 heterocycles. The van der Waals surface area contributed by atoms with Crippen molar-refractivity contribution in [2.75, 3.05) is 25.5 Å². The van der Waals surface area contributed by atoms with E-state index in [4.69, 9.17) is 0 Å². The lowest BCUT2D eigenvalue weighted by Crippen LogP contribution is -2.36. The van der Waals surface area contributed by atoms with E-state index in [1.807, 2.05) is 13.0 Å². The first kappa shape index (κ1) is 11.9. The average Bonchev–Trinajstić information content (AvgIpc) is 2.25. The first-order valence-electron chi connectivity index (χ1n) is 5.73. The Hall–Kier alpha value is -0.610. The minimum atomic E-state index is 0.595. The lowest BCUT2D eigenvalue weighted by Gasteiger charge is -2.30. The number of hydrogen-bond donors (Lipinski definition) is 1. The Balaban J connectivity index is 1.98. The molecule has 0 aliphatic carbocycles. The zero-order valence-corrected chi connectivity index (χ0v) is 11.4. The van der Waals surface area contributed by atoms with Crippen LogP contribution in [0.2, 0.25) is 0 Å². The van der Waals surface area contributed by atoms with Gasteiger partial charge in [-0.1, -0.05) is 0 Å². The monoisotopic (exact) mass is 283 g/mol. The fourth-order valence-electron chi connectivity index (χ4n) is 2.06. The molecule has 1 aliphatic heterocycles. The summed E-state index contributed by atoms with van der Waals surface area (Å²) in [4.78, 5) is 6.78. The zero-order valence-electron chi connectivity index (χ0n) is 9.83. The van der Waals surface area contributed by atoms with Gasteiger partial charge in [0.2, 0.25) is 0 Å². The largest absolute Gasteiger partial charge is 0.381 e. The van der Waals surface area contributed by atoms with Gasteiger partial charge in [-0.15, -0.1) is 0 Å². The number of rotatable bonds is 2. The predicted octanol–water partition coefficient (Wildman–Crippen LogP) is 2.66. The van der Waals surface area contributed by atoms with Crippen LogP contribution in [0.3, 0.4) is 0 Å². The molecule has 1 N–H and O–H groups in total. The third-order valence-corrected chi connectivity index (χ3v) is 3.57. The van der Waals surface area contributed by atoms with Gasteiger partial charge in [0.15, 0.2) is 0 Å². The molecule has 1 saturated heterocycles. The van der Waals surface area contributed by atoms with E-state index >= 15 is 0 Å². The number of likely N-dealkylation sites (tertiary alicyclic amines) is 1. The molecule has 0 saturated carbocycles. The van der Waals surface area contributed by atoms with Crippen molar-refractivity contribution >= 4 is 21.6 Å². The molecule has 0 amide bonds. The van der Waals surface area contributed by atoms with Crippen molar-refractivity contribution in [1.82, 2.24) is 9.88 Å². The lowest BCUT2D eigenvalue weighted by molar-refractivity contribution is 0.264. The third kappa shape index (κ3) is 2.95. The third-order valence-electron chi connectivity index (χ3n) is 3.13. The van der Waals surface area contributed by atoms with Crippen molar-refractivity contribution in [2.24, 2.45) is 0 Å². The van der Waals surface area contributed by atoms with Gasteiger partial charge < -0.3 is 10.2 Å². The molecule has 0 bridgehead atoms. The maximum Gasteiger partial charge on any atom is 0.106 e. The normalized spacial score (nSPS) is 18.7. The van der Waals surface area contributed by atoms with E-state index in [1.54, 1.807) is 0 Å². The summed E-state index contributed by atoms with van der Waals surface area (Å²) in [6.07, 6.45) is 2.43. The van der Waals surface area contributed by atoms with Crippen molar-refractivity contribution in [3.8, 4) is 0 Å². The Morgan fingerprint density at radius 3 is 2.69 bits per heavy atom. The molecule has 0 radical (unpaired) electrons. The van der Waals surface area contributed by atoms with E-state index < -0.39 is 0 Å². The summed E-state index contributed by atoms with van der Waals surface area (Å²) in [6, 6.07) is 4.69. The second-order valence-corrected chi connectivity index (χ2v) is 5.30. The van der Waals surface area contributed by atoms with E-state index in [0.29, 0.717) is 6.04 Å². The summed E-state index contributed by atoms with van der Waals surface area (Å²) < 4.78 is 0.902. The van der Waals surface area contributed by atoms with Crippen LogP contribution in [-0.4, -0.2) is 36.1 Å². The summed E-state index contributed by atoms with van der Waals surface area (Å²) in [6.45, 7) is 4.41. The van der Waals surface area contributed by atoms with Crippen molar-refractivity contribution in [3.05, 3.63) is 22.4 Å². The predicted molar refractivity (Wildman–Crippen MR) is 70.8 cm³/mol. The summed E-state index contributed by atoms with van der Waals surface area (Å²) >= 11 is 3.38. The smallest absolute Gasteiger partial charge is 0.106 e. The van der Waals surface area contributed by atoms with Crippen molar-refractivity contribution < 1.29 is 0 Å². The molecule has 0 atom stereocenters. The standard InChI is InChI=1S/C12H18BrN3/c1-9-11(3-4-12(13)14-9)15-10-5-7-16(2)8-6-10/h3-4,10,15H,5-8H2,1-2H3. The average molecular weight is 284 g/mol. The Bertz CT molecular complexity index is 359. The molecule has 1 aromatic rings. The van der Waals surface area contributed by atoms with E-state index in [1.165, 1.54) is 25.9 Å². The minimum Gasteiger partial charge on any atom is -0.381 e. The van der Waals surface area contributed by atoms with Crippen molar-refractivity contribution in [3.63, 3.8) is 0 Å². The molecule has 1 fully saturated rings. The number of pyridine rings is 1. The molecule has 88 valence electrons. The first-order chi connectivity index (χ1) is 7.65. The van der Waals surface area contributed by atoms with Gasteiger partial charge in [-0.3, -0.25) is 0 Å². The van der Waals surface area contributed by atoms with Crippen molar-refractivity contribution in [2.45, 2.75) is 25.8 Å². The summed E-state index contributed by atoms with van der Waals surface area (Å²) in [5.41, 5.74) is 2.23. The number of halogens is 1. The second-order valence-electron chi connectivity index (χ2n) is 4.49. The van der Waals surface area contributed by atoms with Gasteiger partial charge in [0.05, 0.1) is 11.4 Å². The fourth-order valence-corrected chi connectivity index (χ4v) is 2.45. The topological polar surface area (TPSA) is 28.2 Å². The SMILES string of the molecule is Cc1nc(Br)ccc1NC1CCN(C)CC1. The highest BCUT2D eigenvalue weighted by molar-refractivity contribution is 9.10. The van der Waals surface area contributed by atoms with Gasteiger partial charge in [0.1, 0.15) is 4.60 Å². The van der Waals surface area contributed by atoms with E-state index in [0.717, 1.165) is 16.0 Å². The Morgan fingerprint density at radius 1 is 1.38 bits per heavy atom. The molecule has 1 aliphatic rings. The van der Waals surface area contributed by atoms with Crippen LogP contribution in [0.1, 0.15) is 18.5 Å². The molecular formula is C12H18BrN3. The molecule has 0 unspecified atom stereocenters. The number of piperidine rings is 1. The Labute approximate surface area is 105 Å². The van der Waals surface area contributed by atoms with Crippen molar-refractivity contribution in [1.29, 1.82) is 0 Å². The number of aryl methyl sites for hydroxylation is 1. The van der Waals surface area contributed by atoms with Gasteiger partial charge in [0.25, 0.3) is 0 Å². The number of aromatic nitrogens is 1. The maximum atomic E-state index is 4.40. The molecule has 2 rings (SSSR count). The van der Waals surface area contributed by atoms with E-state index in [2.05, 4.69) is 44.2 Å². The summed E-state index contributed by atoms with van der Waals surface area (Å²) in [7, 11) is 2.18. The highest BCUT2D eigenvalue weighted by atomic mass is 79.9. The van der Waals surface area contributed by atoms with Crippen LogP contribution < -0.4 is 5.32 Å². The summed E-state index contributed by atoms with van der Waals surface area (Å²) in [5.74, 6) is 0. The van der Waals surface area contributed by atoms with Crippen LogP contribution in [0.15, 0.2) is 16.7 Å². The molecule has 4 heteroatoms. The van der Waals surface area contributed by atoms with E-state index in [-0.39, 0.29) is 0 Å². The molecular weight excluding hydrogens is 266 g/mol. The van der Waals surface area contributed by atoms with Gasteiger partial charge >= 0.3 is 0 Å². The highest BCUT2D eigenvalue weighted by Crippen LogP contribution is 2.20. The number of hydrogen-bond acceptors (Lipinski definition) is 3. The van der Waals surface area contributed by atoms with Gasteiger partial charge in [-0.2, -0.15) is 0 Å². The second kappa shape index (κ2) is 5.15. The lowest BCUT2D eigenvalue weighted by atomic mass is 10.1. The zero-order chi connectivity index (χ0) is 11.5. The van der Waals surface area contributed by atoms with Crippen LogP contribution in [0, 0.1) is 6.92 Å². The van der Waals surface area contributed by atoms with Gasteiger partial charge in [0, 0.05) is 6.04 Å². The number of nitrogens with one attached hydrogen (secondary N) is 1. The Morgan fingerprint density at radius 2 is 2.06 bits per heavy atom. The quantitative estimate of drug-likeness (QED) is 0.846. The van der Waals surface area contributed by atoms with Crippen LogP contribution in [-0.2, 0) is 0 Å². The maximum absolute atomic E-state index is 4.40. The van der Waals surface area contributed by atoms with Crippen LogP contribution >= 0.6 is 15.9 Å². The molecule has 3 nitrogen and oxygen atoms in total. The molecule has 0 spiro atoms. The number of nitrogens with zero attached hydrogens (tertiary/aromatic N) is 2. The summed E-state index contributed by atoms with van der Waals surface area (Å²) in [5, 5.41) is 3.59. The van der Waals surface area contributed by atoms with Crippen LogP contribution in [0.4, 0.5) is 5.69 Å². The molecule has 0 aromatic carbocycles. The molecule has 1 aromatic heterocycles. The Kier molecular flexibility index (Phi) is 3.82. The highest BCUT2D eigenvalue weighted by Gasteiger charge is 2.16. The van der Waals surface area contributed by atoms with Crippen LogP contribution in [0.25, 0.3) is 0 Å². The number of anilines is 1. The van der Waals surface area contributed by atoms with Gasteiger partial charge in [-0.25, -0.2) is 4.98 Å². The first-order valence-corrected chi connectivity index (χ1v) is 6.52. The van der Waals surface area contributed by atoms with Crippen LogP contribution in [0.5, 0.6) is 0 Å². The molecule has 16 heavy (non-hydrogen) atoms. The minimum absolute atomic E-state index is 0.595.